The number of halogens is 3. The lowest BCUT2D eigenvalue weighted by molar-refractivity contribution is 0.489. The maximum absolute atomic E-state index is 12.9. The molecule has 0 N–H and O–H groups in total. The molecule has 0 spiro atoms. The van der Waals surface area contributed by atoms with E-state index < -0.39 is 32.9 Å². The second kappa shape index (κ2) is 3.61. The summed E-state index contributed by atoms with van der Waals surface area (Å²) in [5, 5.41) is 0. The Morgan fingerprint density at radius 2 is 1.64 bits per heavy atom. The summed E-state index contributed by atoms with van der Waals surface area (Å²) in [5.41, 5.74) is -0.882. The summed E-state index contributed by atoms with van der Waals surface area (Å²) in [6.07, 6.45) is 0.761. The Bertz CT molecular complexity index is 454. The third kappa shape index (κ3) is 2.47. The summed E-state index contributed by atoms with van der Waals surface area (Å²) >= 11 is 0. The fourth-order valence-electron chi connectivity index (χ4n) is 0.865. The first kappa shape index (κ1) is 11.0. The Balaban J connectivity index is 3.27. The van der Waals surface area contributed by atoms with E-state index in [4.69, 9.17) is 0 Å². The van der Waals surface area contributed by atoms with Gasteiger partial charge in [0.05, 0.1) is 0 Å². The third-order valence-electron chi connectivity index (χ3n) is 1.41. The standard InChI is InChI=1S/C8H6F3O2S/c1-14(12,13)4-5-6(9)2-3-7(10)8(5)11/h2-4H,1H3. The Hall–Kier alpha value is -1.04. The van der Waals surface area contributed by atoms with Gasteiger partial charge >= 0.3 is 0 Å². The Morgan fingerprint density at radius 1 is 1.14 bits per heavy atom. The summed E-state index contributed by atoms with van der Waals surface area (Å²) in [7, 11) is -3.71. The second-order valence-corrected chi connectivity index (χ2v) is 4.60. The van der Waals surface area contributed by atoms with Crippen LogP contribution in [0.15, 0.2) is 12.1 Å². The van der Waals surface area contributed by atoms with Crippen molar-refractivity contribution < 1.29 is 21.6 Å². The lowest BCUT2D eigenvalue weighted by atomic mass is 10.2. The van der Waals surface area contributed by atoms with E-state index in [1.165, 1.54) is 0 Å². The fraction of sp³-hybridized carbons (Fsp3) is 0.125. The van der Waals surface area contributed by atoms with Gasteiger partial charge in [0.15, 0.2) is 21.5 Å². The second-order valence-electron chi connectivity index (χ2n) is 2.70. The van der Waals surface area contributed by atoms with Crippen molar-refractivity contribution >= 4 is 9.84 Å². The summed E-state index contributed by atoms with van der Waals surface area (Å²) in [4.78, 5) is 0. The molecule has 6 heteroatoms. The van der Waals surface area contributed by atoms with Gasteiger partial charge in [-0.1, -0.05) is 0 Å². The first-order valence-corrected chi connectivity index (χ1v) is 5.45. The van der Waals surface area contributed by atoms with Crippen LogP contribution >= 0.6 is 0 Å². The van der Waals surface area contributed by atoms with Gasteiger partial charge in [-0.05, 0) is 12.1 Å². The van der Waals surface area contributed by atoms with E-state index in [1.807, 2.05) is 0 Å². The van der Waals surface area contributed by atoms with E-state index in [2.05, 4.69) is 0 Å². The van der Waals surface area contributed by atoms with Crippen LogP contribution in [0, 0.1) is 23.2 Å². The predicted octanol–water partition coefficient (Wildman–Crippen LogP) is 1.66. The quantitative estimate of drug-likeness (QED) is 0.714. The Labute approximate surface area is 79.3 Å². The predicted molar refractivity (Wildman–Crippen MR) is 44.6 cm³/mol. The van der Waals surface area contributed by atoms with E-state index >= 15 is 0 Å². The van der Waals surface area contributed by atoms with Gasteiger partial charge in [0.2, 0.25) is 0 Å². The van der Waals surface area contributed by atoms with Gasteiger partial charge in [-0.3, -0.25) is 0 Å². The van der Waals surface area contributed by atoms with E-state index in [9.17, 15) is 21.6 Å². The van der Waals surface area contributed by atoms with Crippen LogP contribution in [-0.2, 0) is 9.84 Å². The molecule has 0 atom stereocenters. The topological polar surface area (TPSA) is 34.1 Å². The highest BCUT2D eigenvalue weighted by molar-refractivity contribution is 7.92. The first-order chi connectivity index (χ1) is 6.31. The summed E-state index contributed by atoms with van der Waals surface area (Å²) in [6, 6.07) is 1.25. The Morgan fingerprint density at radius 3 is 2.14 bits per heavy atom. The zero-order valence-electron chi connectivity index (χ0n) is 7.09. The fourth-order valence-corrected chi connectivity index (χ4v) is 1.51. The molecule has 2 nitrogen and oxygen atoms in total. The molecule has 0 heterocycles. The number of sulfone groups is 1. The van der Waals surface area contributed by atoms with Crippen LogP contribution in [0.25, 0.3) is 0 Å². The average Bonchev–Trinajstić information content (AvgIpc) is 2.04. The van der Waals surface area contributed by atoms with E-state index in [0.717, 1.165) is 6.26 Å². The van der Waals surface area contributed by atoms with Crippen molar-refractivity contribution in [3.8, 4) is 0 Å². The van der Waals surface area contributed by atoms with E-state index in [-0.39, 0.29) is 0 Å². The monoisotopic (exact) mass is 223 g/mol. The minimum absolute atomic E-state index is 0.348. The van der Waals surface area contributed by atoms with Gasteiger partial charge in [0.1, 0.15) is 11.6 Å². The lowest BCUT2D eigenvalue weighted by Crippen LogP contribution is -2.04. The normalized spacial score (nSPS) is 11.7. The zero-order valence-corrected chi connectivity index (χ0v) is 7.91. The molecular formula is C8H6F3O2S. The molecule has 0 aliphatic heterocycles. The SMILES string of the molecule is CS(=O)(=O)[CH]c1c(F)ccc(F)c1F. The van der Waals surface area contributed by atoms with Crippen molar-refractivity contribution in [2.24, 2.45) is 0 Å². The molecule has 0 saturated carbocycles. The number of rotatable bonds is 2. The molecule has 1 rings (SSSR count). The van der Waals surface area contributed by atoms with E-state index in [0.29, 0.717) is 17.9 Å². The molecule has 0 saturated heterocycles. The van der Waals surface area contributed by atoms with E-state index in [1.54, 1.807) is 0 Å². The van der Waals surface area contributed by atoms with Gasteiger partial charge < -0.3 is 0 Å². The molecular weight excluding hydrogens is 217 g/mol. The Kier molecular flexibility index (Phi) is 2.84. The lowest BCUT2D eigenvalue weighted by Gasteiger charge is -2.03. The molecule has 0 aliphatic carbocycles. The largest absolute Gasteiger partial charge is 0.228 e. The van der Waals surface area contributed by atoms with Gasteiger partial charge in [-0.15, -0.1) is 0 Å². The summed E-state index contributed by atoms with van der Waals surface area (Å²) in [5.74, 6) is -3.56. The number of hydrogen-bond acceptors (Lipinski definition) is 2. The third-order valence-corrected chi connectivity index (χ3v) is 2.08. The van der Waals surface area contributed by atoms with Crippen LogP contribution < -0.4 is 0 Å². The maximum Gasteiger partial charge on any atom is 0.166 e. The van der Waals surface area contributed by atoms with Crippen molar-refractivity contribution in [1.29, 1.82) is 0 Å². The van der Waals surface area contributed by atoms with Gasteiger partial charge in [-0.2, -0.15) is 0 Å². The molecule has 0 amide bonds. The highest BCUT2D eigenvalue weighted by Gasteiger charge is 2.18. The molecule has 0 unspecified atom stereocenters. The van der Waals surface area contributed by atoms with Crippen LogP contribution in [0.4, 0.5) is 13.2 Å². The van der Waals surface area contributed by atoms with Crippen molar-refractivity contribution in [1.82, 2.24) is 0 Å². The summed E-state index contributed by atoms with van der Waals surface area (Å²) in [6.45, 7) is 0. The van der Waals surface area contributed by atoms with Crippen LogP contribution in [0.2, 0.25) is 0 Å². The van der Waals surface area contributed by atoms with Crippen molar-refractivity contribution in [3.63, 3.8) is 0 Å². The minimum Gasteiger partial charge on any atom is -0.228 e. The average molecular weight is 223 g/mol. The minimum atomic E-state index is -3.71. The molecule has 0 aromatic heterocycles. The maximum atomic E-state index is 12.9. The molecule has 1 aromatic rings. The first-order valence-electron chi connectivity index (χ1n) is 3.49. The molecule has 0 fully saturated rings. The molecule has 14 heavy (non-hydrogen) atoms. The van der Waals surface area contributed by atoms with Gasteiger partial charge in [-0.25, -0.2) is 21.6 Å². The molecule has 0 bridgehead atoms. The highest BCUT2D eigenvalue weighted by Crippen LogP contribution is 2.19. The van der Waals surface area contributed by atoms with Crippen LogP contribution in [0.3, 0.4) is 0 Å². The van der Waals surface area contributed by atoms with Crippen molar-refractivity contribution in [2.45, 2.75) is 0 Å². The zero-order chi connectivity index (χ0) is 10.9. The van der Waals surface area contributed by atoms with Crippen LogP contribution in [-0.4, -0.2) is 14.7 Å². The molecule has 1 aromatic carbocycles. The number of benzene rings is 1. The molecule has 1 radical (unpaired) electrons. The van der Waals surface area contributed by atoms with Crippen LogP contribution in [0.1, 0.15) is 5.56 Å². The summed E-state index contributed by atoms with van der Waals surface area (Å²) < 4.78 is 59.7. The van der Waals surface area contributed by atoms with Crippen molar-refractivity contribution in [3.05, 3.63) is 40.9 Å². The van der Waals surface area contributed by atoms with Crippen LogP contribution in [0.5, 0.6) is 0 Å². The van der Waals surface area contributed by atoms with Crippen molar-refractivity contribution in [2.75, 3.05) is 6.26 Å². The smallest absolute Gasteiger partial charge is 0.166 e. The highest BCUT2D eigenvalue weighted by atomic mass is 32.2. The molecule has 0 aliphatic rings. The van der Waals surface area contributed by atoms with Gasteiger partial charge in [0, 0.05) is 11.8 Å². The number of hydrogen-bond donors (Lipinski definition) is 0. The molecule has 77 valence electrons. The van der Waals surface area contributed by atoms with Gasteiger partial charge in [0.25, 0.3) is 0 Å².